The van der Waals surface area contributed by atoms with E-state index in [2.05, 4.69) is 5.32 Å². The summed E-state index contributed by atoms with van der Waals surface area (Å²) in [5.41, 5.74) is 2.41. The van der Waals surface area contributed by atoms with Crippen LogP contribution in [0.1, 0.15) is 30.0 Å². The van der Waals surface area contributed by atoms with Crippen LogP contribution in [0.3, 0.4) is 0 Å². The maximum absolute atomic E-state index is 12.8. The maximum Gasteiger partial charge on any atom is 0.325 e. The molecule has 0 aliphatic carbocycles. The number of nitrogens with one attached hydrogen (secondary N) is 1. The molecule has 2 aromatic carbocycles. The van der Waals surface area contributed by atoms with Gasteiger partial charge in [0.05, 0.1) is 6.54 Å². The van der Waals surface area contributed by atoms with Crippen LogP contribution in [0.25, 0.3) is 0 Å². The van der Waals surface area contributed by atoms with Gasteiger partial charge >= 0.3 is 6.03 Å². The lowest BCUT2D eigenvalue weighted by atomic mass is 9.93. The zero-order chi connectivity index (χ0) is 17.2. The first-order valence-electron chi connectivity index (χ1n) is 8.21. The molecular formula is C20H22N2O2. The van der Waals surface area contributed by atoms with Crippen molar-refractivity contribution < 1.29 is 9.59 Å². The fourth-order valence-corrected chi connectivity index (χ4v) is 3.09. The van der Waals surface area contributed by atoms with E-state index in [4.69, 9.17) is 0 Å². The van der Waals surface area contributed by atoms with Gasteiger partial charge < -0.3 is 5.32 Å². The predicted octanol–water partition coefficient (Wildman–Crippen LogP) is 3.44. The van der Waals surface area contributed by atoms with Gasteiger partial charge in [0.15, 0.2) is 0 Å². The van der Waals surface area contributed by atoms with E-state index in [1.165, 1.54) is 4.90 Å². The fourth-order valence-electron chi connectivity index (χ4n) is 3.09. The van der Waals surface area contributed by atoms with Crippen molar-refractivity contribution in [3.05, 3.63) is 71.3 Å². The monoisotopic (exact) mass is 322 g/mol. The summed E-state index contributed by atoms with van der Waals surface area (Å²) in [6.07, 6.45) is 1.34. The van der Waals surface area contributed by atoms with Gasteiger partial charge in [0.1, 0.15) is 5.54 Å². The Kier molecular flexibility index (Phi) is 4.38. The summed E-state index contributed by atoms with van der Waals surface area (Å²) in [7, 11) is 0. The van der Waals surface area contributed by atoms with Gasteiger partial charge in [-0.05, 0) is 37.8 Å². The summed E-state index contributed by atoms with van der Waals surface area (Å²) < 4.78 is 0. The quantitative estimate of drug-likeness (QED) is 0.857. The third-order valence-corrected chi connectivity index (χ3v) is 4.52. The fraction of sp³-hybridized carbons (Fsp3) is 0.300. The average molecular weight is 322 g/mol. The SMILES string of the molecule is Cc1cccc(CN2C(=O)N[C@@](C)(CCc3ccccc3)C2=O)c1. The second-order valence-corrected chi connectivity index (χ2v) is 6.63. The van der Waals surface area contributed by atoms with Crippen LogP contribution in [-0.4, -0.2) is 22.4 Å². The first-order chi connectivity index (χ1) is 11.5. The van der Waals surface area contributed by atoms with Crippen molar-refractivity contribution in [2.24, 2.45) is 0 Å². The summed E-state index contributed by atoms with van der Waals surface area (Å²) in [6.45, 7) is 4.12. The molecule has 0 spiro atoms. The molecule has 0 aromatic heterocycles. The Hall–Kier alpha value is -2.62. The number of aryl methyl sites for hydroxylation is 2. The molecule has 124 valence electrons. The molecule has 0 bridgehead atoms. The number of benzene rings is 2. The van der Waals surface area contributed by atoms with Crippen LogP contribution in [0.2, 0.25) is 0 Å². The van der Waals surface area contributed by atoms with Crippen LogP contribution in [-0.2, 0) is 17.8 Å². The summed E-state index contributed by atoms with van der Waals surface area (Å²) in [4.78, 5) is 26.4. The Labute approximate surface area is 142 Å². The van der Waals surface area contributed by atoms with Crippen molar-refractivity contribution in [1.29, 1.82) is 0 Å². The van der Waals surface area contributed by atoms with Crippen molar-refractivity contribution in [1.82, 2.24) is 10.2 Å². The van der Waals surface area contributed by atoms with Gasteiger partial charge in [0.25, 0.3) is 5.91 Å². The number of urea groups is 1. The molecule has 4 nitrogen and oxygen atoms in total. The highest BCUT2D eigenvalue weighted by Crippen LogP contribution is 2.25. The van der Waals surface area contributed by atoms with Gasteiger partial charge in [-0.2, -0.15) is 0 Å². The molecule has 0 saturated carbocycles. The van der Waals surface area contributed by atoms with Crippen LogP contribution in [0, 0.1) is 6.92 Å². The second kappa shape index (κ2) is 6.48. The molecule has 1 atom stereocenters. The lowest BCUT2D eigenvalue weighted by molar-refractivity contribution is -0.131. The minimum atomic E-state index is -0.837. The highest BCUT2D eigenvalue weighted by atomic mass is 16.2. The minimum absolute atomic E-state index is 0.148. The first-order valence-corrected chi connectivity index (χ1v) is 8.21. The number of imide groups is 1. The van der Waals surface area contributed by atoms with E-state index in [-0.39, 0.29) is 11.9 Å². The molecule has 3 rings (SSSR count). The Morgan fingerprint density at radius 3 is 2.42 bits per heavy atom. The zero-order valence-corrected chi connectivity index (χ0v) is 14.1. The van der Waals surface area contributed by atoms with Crippen molar-refractivity contribution in [3.63, 3.8) is 0 Å². The van der Waals surface area contributed by atoms with E-state index in [9.17, 15) is 9.59 Å². The highest BCUT2D eigenvalue weighted by molar-refractivity contribution is 6.06. The van der Waals surface area contributed by atoms with E-state index >= 15 is 0 Å². The summed E-state index contributed by atoms with van der Waals surface area (Å²) in [5.74, 6) is -0.148. The lowest BCUT2D eigenvalue weighted by Gasteiger charge is -2.21. The van der Waals surface area contributed by atoms with E-state index in [0.717, 1.165) is 23.1 Å². The van der Waals surface area contributed by atoms with E-state index < -0.39 is 5.54 Å². The number of nitrogens with zero attached hydrogens (tertiary/aromatic N) is 1. The molecule has 3 amide bonds. The zero-order valence-electron chi connectivity index (χ0n) is 14.1. The van der Waals surface area contributed by atoms with Crippen molar-refractivity contribution >= 4 is 11.9 Å². The van der Waals surface area contributed by atoms with Gasteiger partial charge in [0, 0.05) is 0 Å². The third kappa shape index (κ3) is 3.32. The Bertz CT molecular complexity index is 757. The maximum atomic E-state index is 12.8. The first kappa shape index (κ1) is 16.2. The van der Waals surface area contributed by atoms with Gasteiger partial charge in [0.2, 0.25) is 0 Å². The number of rotatable bonds is 5. The predicted molar refractivity (Wildman–Crippen MR) is 93.4 cm³/mol. The molecule has 0 unspecified atom stereocenters. The number of carbonyl (C=O) groups excluding carboxylic acids is 2. The number of amides is 3. The van der Waals surface area contributed by atoms with Crippen LogP contribution < -0.4 is 5.32 Å². The molecule has 1 aliphatic heterocycles. The van der Waals surface area contributed by atoms with Crippen LogP contribution >= 0.6 is 0 Å². The van der Waals surface area contributed by atoms with E-state index in [1.807, 2.05) is 68.4 Å². The van der Waals surface area contributed by atoms with Crippen LogP contribution in [0.4, 0.5) is 4.79 Å². The highest BCUT2D eigenvalue weighted by Gasteiger charge is 2.47. The van der Waals surface area contributed by atoms with Gasteiger partial charge in [-0.25, -0.2) is 4.79 Å². The van der Waals surface area contributed by atoms with Crippen molar-refractivity contribution in [3.8, 4) is 0 Å². The van der Waals surface area contributed by atoms with Crippen molar-refractivity contribution in [2.75, 3.05) is 0 Å². The number of carbonyl (C=O) groups is 2. The second-order valence-electron chi connectivity index (χ2n) is 6.63. The molecule has 1 fully saturated rings. The molecule has 1 heterocycles. The Morgan fingerprint density at radius 2 is 1.71 bits per heavy atom. The molecule has 4 heteroatoms. The van der Waals surface area contributed by atoms with Crippen LogP contribution in [0.15, 0.2) is 54.6 Å². The van der Waals surface area contributed by atoms with Gasteiger partial charge in [-0.15, -0.1) is 0 Å². The standard InChI is InChI=1S/C20H22N2O2/c1-15-7-6-10-17(13-15)14-22-18(23)20(2,21-19(22)24)12-11-16-8-4-3-5-9-16/h3-10,13H,11-12,14H2,1-2H3,(H,21,24)/t20-/m0/s1. The smallest absolute Gasteiger partial charge is 0.323 e. The summed E-state index contributed by atoms with van der Waals surface area (Å²) in [5, 5.41) is 2.87. The normalized spacial score (nSPS) is 20.3. The minimum Gasteiger partial charge on any atom is -0.323 e. The summed E-state index contributed by atoms with van der Waals surface area (Å²) in [6, 6.07) is 17.6. The number of hydrogen-bond donors (Lipinski definition) is 1. The number of hydrogen-bond acceptors (Lipinski definition) is 2. The van der Waals surface area contributed by atoms with E-state index in [1.54, 1.807) is 0 Å². The molecular weight excluding hydrogens is 300 g/mol. The van der Waals surface area contributed by atoms with Crippen LogP contribution in [0.5, 0.6) is 0 Å². The lowest BCUT2D eigenvalue weighted by Crippen LogP contribution is -2.44. The molecule has 1 N–H and O–H groups in total. The Morgan fingerprint density at radius 1 is 1.00 bits per heavy atom. The largest absolute Gasteiger partial charge is 0.325 e. The molecule has 24 heavy (non-hydrogen) atoms. The third-order valence-electron chi connectivity index (χ3n) is 4.52. The Balaban J connectivity index is 1.70. The van der Waals surface area contributed by atoms with Gasteiger partial charge in [-0.3, -0.25) is 9.69 Å². The van der Waals surface area contributed by atoms with Gasteiger partial charge in [-0.1, -0.05) is 60.2 Å². The summed E-state index contributed by atoms with van der Waals surface area (Å²) >= 11 is 0. The molecule has 2 aromatic rings. The average Bonchev–Trinajstić information content (AvgIpc) is 2.78. The topological polar surface area (TPSA) is 49.4 Å². The van der Waals surface area contributed by atoms with E-state index in [0.29, 0.717) is 13.0 Å². The van der Waals surface area contributed by atoms with Crippen molar-refractivity contribution in [2.45, 2.75) is 38.8 Å². The molecule has 1 saturated heterocycles. The molecule has 0 radical (unpaired) electrons. The molecule has 1 aliphatic rings.